The van der Waals surface area contributed by atoms with Gasteiger partial charge in [0.2, 0.25) is 5.91 Å². The van der Waals surface area contributed by atoms with E-state index in [0.29, 0.717) is 18.6 Å². The second-order valence-electron chi connectivity index (χ2n) is 4.35. The lowest BCUT2D eigenvalue weighted by atomic mass is 10.3. The van der Waals surface area contributed by atoms with Gasteiger partial charge in [0, 0.05) is 18.6 Å². The molecule has 1 fully saturated rings. The van der Waals surface area contributed by atoms with E-state index in [2.05, 4.69) is 26.1 Å². The first-order valence-corrected chi connectivity index (χ1v) is 5.68. The van der Waals surface area contributed by atoms with E-state index in [1.807, 2.05) is 4.90 Å². The molecule has 1 rings (SSSR count). The molecule has 0 aliphatic heterocycles. The van der Waals surface area contributed by atoms with Gasteiger partial charge in [-0.05, 0) is 19.3 Å². The first-order valence-electron chi connectivity index (χ1n) is 5.68. The van der Waals surface area contributed by atoms with Crippen molar-refractivity contribution in [2.75, 3.05) is 13.1 Å². The van der Waals surface area contributed by atoms with Crippen LogP contribution in [-0.4, -0.2) is 36.0 Å². The molecule has 1 aliphatic carbocycles. The number of hydrogen-bond donors (Lipinski definition) is 1. The Labute approximate surface area is 86.9 Å². The average molecular weight is 198 g/mol. The molecule has 82 valence electrons. The lowest BCUT2D eigenvalue weighted by Crippen LogP contribution is -2.41. The Bertz CT molecular complexity index is 188. The Morgan fingerprint density at radius 2 is 2.14 bits per heavy atom. The molecule has 14 heavy (non-hydrogen) atoms. The van der Waals surface area contributed by atoms with Crippen molar-refractivity contribution in [3.63, 3.8) is 0 Å². The van der Waals surface area contributed by atoms with Gasteiger partial charge in [-0.25, -0.2) is 0 Å². The molecule has 0 radical (unpaired) electrons. The van der Waals surface area contributed by atoms with Gasteiger partial charge in [-0.15, -0.1) is 0 Å². The fourth-order valence-corrected chi connectivity index (χ4v) is 1.53. The lowest BCUT2D eigenvalue weighted by Gasteiger charge is -2.22. The normalized spacial score (nSPS) is 16.0. The number of hydrogen-bond acceptors (Lipinski definition) is 2. The molecule has 1 N–H and O–H groups in total. The summed E-state index contributed by atoms with van der Waals surface area (Å²) in [6, 6.07) is 0.943. The quantitative estimate of drug-likeness (QED) is 0.699. The van der Waals surface area contributed by atoms with Gasteiger partial charge in [-0.2, -0.15) is 0 Å². The van der Waals surface area contributed by atoms with E-state index in [1.54, 1.807) is 0 Å². The minimum Gasteiger partial charge on any atom is -0.339 e. The molecule has 3 nitrogen and oxygen atoms in total. The molecular formula is C11H22N2O. The van der Waals surface area contributed by atoms with Gasteiger partial charge in [-0.1, -0.05) is 20.8 Å². The Morgan fingerprint density at radius 1 is 1.50 bits per heavy atom. The van der Waals surface area contributed by atoms with Crippen molar-refractivity contribution in [1.82, 2.24) is 10.2 Å². The van der Waals surface area contributed by atoms with Crippen LogP contribution in [0.25, 0.3) is 0 Å². The SMILES string of the molecule is CCCN(C(=O)CNC(C)C)C1CC1. The summed E-state index contributed by atoms with van der Waals surface area (Å²) in [4.78, 5) is 13.8. The van der Waals surface area contributed by atoms with Gasteiger partial charge in [0.05, 0.1) is 6.54 Å². The van der Waals surface area contributed by atoms with Gasteiger partial charge in [-0.3, -0.25) is 4.79 Å². The van der Waals surface area contributed by atoms with E-state index in [1.165, 1.54) is 12.8 Å². The molecule has 0 aromatic carbocycles. The first kappa shape index (κ1) is 11.5. The molecule has 0 heterocycles. The van der Waals surface area contributed by atoms with Gasteiger partial charge < -0.3 is 10.2 Å². The summed E-state index contributed by atoms with van der Waals surface area (Å²) in [5.41, 5.74) is 0. The molecule has 0 bridgehead atoms. The summed E-state index contributed by atoms with van der Waals surface area (Å²) in [7, 11) is 0. The minimum absolute atomic E-state index is 0.267. The largest absolute Gasteiger partial charge is 0.339 e. The molecule has 0 unspecified atom stereocenters. The summed E-state index contributed by atoms with van der Waals surface area (Å²) in [5.74, 6) is 0.267. The third-order valence-electron chi connectivity index (χ3n) is 2.43. The monoisotopic (exact) mass is 198 g/mol. The number of nitrogens with one attached hydrogen (secondary N) is 1. The van der Waals surface area contributed by atoms with Crippen molar-refractivity contribution in [1.29, 1.82) is 0 Å². The maximum absolute atomic E-state index is 11.8. The molecule has 3 heteroatoms. The van der Waals surface area contributed by atoms with Crippen molar-refractivity contribution in [2.24, 2.45) is 0 Å². The minimum atomic E-state index is 0.267. The topological polar surface area (TPSA) is 32.3 Å². The zero-order valence-corrected chi connectivity index (χ0v) is 9.55. The highest BCUT2D eigenvalue weighted by atomic mass is 16.2. The fourth-order valence-electron chi connectivity index (χ4n) is 1.53. The molecule has 0 spiro atoms. The highest BCUT2D eigenvalue weighted by Gasteiger charge is 2.31. The van der Waals surface area contributed by atoms with E-state index in [9.17, 15) is 4.79 Å². The van der Waals surface area contributed by atoms with Crippen LogP contribution in [0.5, 0.6) is 0 Å². The number of rotatable bonds is 6. The molecule has 0 atom stereocenters. The number of amides is 1. The van der Waals surface area contributed by atoms with E-state index >= 15 is 0 Å². The van der Waals surface area contributed by atoms with E-state index in [4.69, 9.17) is 0 Å². The van der Waals surface area contributed by atoms with Gasteiger partial charge >= 0.3 is 0 Å². The van der Waals surface area contributed by atoms with Gasteiger partial charge in [0.25, 0.3) is 0 Å². The molecular weight excluding hydrogens is 176 g/mol. The fraction of sp³-hybridized carbons (Fsp3) is 0.909. The van der Waals surface area contributed by atoms with Crippen LogP contribution < -0.4 is 5.32 Å². The third-order valence-corrected chi connectivity index (χ3v) is 2.43. The summed E-state index contributed by atoms with van der Waals surface area (Å²) in [5, 5.41) is 3.18. The third kappa shape index (κ3) is 3.66. The van der Waals surface area contributed by atoms with Crippen LogP contribution in [0.2, 0.25) is 0 Å². The number of nitrogens with zero attached hydrogens (tertiary/aromatic N) is 1. The van der Waals surface area contributed by atoms with Crippen LogP contribution in [-0.2, 0) is 4.79 Å². The Kier molecular flexibility index (Phi) is 4.39. The first-order chi connectivity index (χ1) is 6.65. The molecule has 0 aromatic heterocycles. The molecule has 1 amide bonds. The standard InChI is InChI=1S/C11H22N2O/c1-4-7-13(10-5-6-10)11(14)8-12-9(2)3/h9-10,12H,4-8H2,1-3H3. The van der Waals surface area contributed by atoms with Crippen molar-refractivity contribution < 1.29 is 4.79 Å². The van der Waals surface area contributed by atoms with Crippen LogP contribution >= 0.6 is 0 Å². The zero-order valence-electron chi connectivity index (χ0n) is 9.55. The zero-order chi connectivity index (χ0) is 10.6. The summed E-state index contributed by atoms with van der Waals surface area (Å²) >= 11 is 0. The maximum Gasteiger partial charge on any atom is 0.236 e. The van der Waals surface area contributed by atoms with Crippen molar-refractivity contribution in [2.45, 2.75) is 52.1 Å². The maximum atomic E-state index is 11.8. The summed E-state index contributed by atoms with van der Waals surface area (Å²) in [6.07, 6.45) is 3.46. The van der Waals surface area contributed by atoms with Crippen molar-refractivity contribution in [3.8, 4) is 0 Å². The van der Waals surface area contributed by atoms with E-state index in [0.717, 1.165) is 13.0 Å². The Morgan fingerprint density at radius 3 is 2.57 bits per heavy atom. The van der Waals surface area contributed by atoms with Crippen LogP contribution in [0, 0.1) is 0 Å². The Balaban J connectivity index is 2.30. The van der Waals surface area contributed by atoms with E-state index < -0.39 is 0 Å². The van der Waals surface area contributed by atoms with Crippen LogP contribution in [0.15, 0.2) is 0 Å². The van der Waals surface area contributed by atoms with Gasteiger partial charge in [0.1, 0.15) is 0 Å². The molecule has 1 saturated carbocycles. The molecule has 1 aliphatic rings. The van der Waals surface area contributed by atoms with Crippen LogP contribution in [0.3, 0.4) is 0 Å². The van der Waals surface area contributed by atoms with Gasteiger partial charge in [0.15, 0.2) is 0 Å². The van der Waals surface area contributed by atoms with Crippen molar-refractivity contribution in [3.05, 3.63) is 0 Å². The molecule has 0 aromatic rings. The van der Waals surface area contributed by atoms with Crippen LogP contribution in [0.1, 0.15) is 40.0 Å². The number of carbonyl (C=O) groups is 1. The Hall–Kier alpha value is -0.570. The predicted octanol–water partition coefficient (Wildman–Crippen LogP) is 1.39. The van der Waals surface area contributed by atoms with E-state index in [-0.39, 0.29) is 5.91 Å². The average Bonchev–Trinajstić information content (AvgIpc) is 2.93. The summed E-state index contributed by atoms with van der Waals surface area (Å²) in [6.45, 7) is 7.67. The van der Waals surface area contributed by atoms with Crippen molar-refractivity contribution >= 4 is 5.91 Å². The van der Waals surface area contributed by atoms with Crippen LogP contribution in [0.4, 0.5) is 0 Å². The highest BCUT2D eigenvalue weighted by Crippen LogP contribution is 2.26. The molecule has 0 saturated heterocycles. The predicted molar refractivity (Wildman–Crippen MR) is 58.2 cm³/mol. The second kappa shape index (κ2) is 5.35. The number of carbonyl (C=O) groups excluding carboxylic acids is 1. The highest BCUT2D eigenvalue weighted by molar-refractivity contribution is 5.78. The summed E-state index contributed by atoms with van der Waals surface area (Å²) < 4.78 is 0. The smallest absolute Gasteiger partial charge is 0.236 e. The lowest BCUT2D eigenvalue weighted by molar-refractivity contribution is -0.130. The second-order valence-corrected chi connectivity index (χ2v) is 4.35.